The molecule has 0 atom stereocenters. The largest absolute Gasteiger partial charge is 0.235 e. The van der Waals surface area contributed by atoms with E-state index in [2.05, 4.69) is 43.4 Å². The van der Waals surface area contributed by atoms with E-state index in [9.17, 15) is 4.39 Å². The van der Waals surface area contributed by atoms with Gasteiger partial charge in [-0.1, -0.05) is 52.8 Å². The van der Waals surface area contributed by atoms with Crippen molar-refractivity contribution in [1.29, 1.82) is 0 Å². The van der Waals surface area contributed by atoms with Gasteiger partial charge in [-0.15, -0.1) is 11.3 Å². The Labute approximate surface area is 148 Å². The first-order valence-corrected chi connectivity index (χ1v) is 8.83. The van der Waals surface area contributed by atoms with Crippen LogP contribution in [0.4, 0.5) is 4.39 Å². The molecule has 1 aromatic heterocycles. The van der Waals surface area contributed by atoms with Crippen LogP contribution < -0.4 is 0 Å². The van der Waals surface area contributed by atoms with Gasteiger partial charge in [0.2, 0.25) is 0 Å². The maximum absolute atomic E-state index is 13.9. The van der Waals surface area contributed by atoms with Crippen LogP contribution in [0.5, 0.6) is 0 Å². The van der Waals surface area contributed by atoms with Gasteiger partial charge in [-0.05, 0) is 34.1 Å². The number of aromatic nitrogens is 1. The molecular weight excluding hydrogens is 429 g/mol. The molecule has 1 nitrogen and oxygen atoms in total. The van der Waals surface area contributed by atoms with Crippen molar-refractivity contribution in [1.82, 2.24) is 4.98 Å². The van der Waals surface area contributed by atoms with E-state index in [1.54, 1.807) is 18.2 Å². The Bertz CT molecular complexity index is 840. The Morgan fingerprint density at radius 1 is 1.05 bits per heavy atom. The summed E-state index contributed by atoms with van der Waals surface area (Å²) >= 11 is 8.41. The van der Waals surface area contributed by atoms with E-state index >= 15 is 0 Å². The highest BCUT2D eigenvalue weighted by atomic mass is 79.9. The van der Waals surface area contributed by atoms with Crippen molar-refractivity contribution < 1.29 is 4.39 Å². The summed E-state index contributed by atoms with van der Waals surface area (Å²) in [7, 11) is 0. The molecule has 0 saturated carbocycles. The van der Waals surface area contributed by atoms with Gasteiger partial charge in [0.05, 0.1) is 9.48 Å². The number of halogens is 3. The Kier molecular flexibility index (Phi) is 4.57. The van der Waals surface area contributed by atoms with E-state index in [0.717, 1.165) is 19.5 Å². The van der Waals surface area contributed by atoms with E-state index in [-0.39, 0.29) is 5.82 Å². The molecule has 2 aromatic carbocycles. The molecule has 0 aliphatic heterocycles. The van der Waals surface area contributed by atoms with Gasteiger partial charge in [0, 0.05) is 21.2 Å². The topological polar surface area (TPSA) is 12.9 Å². The Morgan fingerprint density at radius 3 is 2.41 bits per heavy atom. The van der Waals surface area contributed by atoms with Gasteiger partial charge in [0.25, 0.3) is 0 Å². The molecule has 0 aliphatic carbocycles. The lowest BCUT2D eigenvalue weighted by Crippen LogP contribution is -1.90. The summed E-state index contributed by atoms with van der Waals surface area (Å²) < 4.78 is 15.8. The van der Waals surface area contributed by atoms with Crippen molar-refractivity contribution in [3.05, 3.63) is 79.8 Å². The van der Waals surface area contributed by atoms with Crippen molar-refractivity contribution in [2.45, 2.75) is 0 Å². The van der Waals surface area contributed by atoms with E-state index in [1.165, 1.54) is 17.4 Å². The first-order chi connectivity index (χ1) is 10.6. The fraction of sp³-hybridized carbons (Fsp3) is 0. The zero-order valence-corrected chi connectivity index (χ0v) is 15.3. The number of benzene rings is 2. The second-order valence-electron chi connectivity index (χ2n) is 4.61. The second-order valence-corrected chi connectivity index (χ2v) is 7.84. The quantitative estimate of drug-likeness (QED) is 0.452. The van der Waals surface area contributed by atoms with Crippen LogP contribution in [0.1, 0.15) is 10.6 Å². The molecule has 0 saturated heterocycles. The molecule has 22 heavy (non-hydrogen) atoms. The smallest absolute Gasteiger partial charge is 0.131 e. The van der Waals surface area contributed by atoms with E-state index in [4.69, 9.17) is 0 Å². The summed E-state index contributed by atoms with van der Waals surface area (Å²) in [5, 5.41) is 0.704. The third-order valence-electron chi connectivity index (χ3n) is 3.16. The van der Waals surface area contributed by atoms with Crippen molar-refractivity contribution in [3.63, 3.8) is 0 Å². The Balaban J connectivity index is 2.01. The summed E-state index contributed by atoms with van der Waals surface area (Å²) in [5.74, 6) is -0.288. The Hall–Kier alpha value is -1.30. The lowest BCUT2D eigenvalue weighted by Gasteiger charge is -2.03. The molecule has 5 heteroatoms. The van der Waals surface area contributed by atoms with E-state index in [0.29, 0.717) is 16.1 Å². The van der Waals surface area contributed by atoms with Crippen LogP contribution in [0.15, 0.2) is 63.4 Å². The van der Waals surface area contributed by atoms with Gasteiger partial charge >= 0.3 is 0 Å². The first kappa shape index (κ1) is 15.6. The van der Waals surface area contributed by atoms with Crippen LogP contribution in [0, 0.1) is 5.82 Å². The molecule has 0 fully saturated rings. The standard InChI is InChI=1S/C17H10Br2FNS/c1-10(13-4-2-3-5-14(13)20)17-21-15(16(19)22-17)11-6-8-12(18)9-7-11/h2-9H,1H2. The third-order valence-corrected chi connectivity index (χ3v) is 5.45. The molecule has 3 rings (SSSR count). The Morgan fingerprint density at radius 2 is 1.73 bits per heavy atom. The molecule has 0 unspecified atom stereocenters. The van der Waals surface area contributed by atoms with Crippen LogP contribution in [0.2, 0.25) is 0 Å². The molecule has 110 valence electrons. The minimum absolute atomic E-state index is 0.288. The monoisotopic (exact) mass is 437 g/mol. The molecule has 0 spiro atoms. The predicted molar refractivity (Wildman–Crippen MR) is 97.5 cm³/mol. The summed E-state index contributed by atoms with van der Waals surface area (Å²) in [6, 6.07) is 14.5. The highest BCUT2D eigenvalue weighted by molar-refractivity contribution is 9.11. The average Bonchev–Trinajstić information content (AvgIpc) is 2.90. The summed E-state index contributed by atoms with van der Waals surface area (Å²) in [5.41, 5.74) is 2.90. The number of nitrogens with zero attached hydrogens (tertiary/aromatic N) is 1. The minimum atomic E-state index is -0.288. The van der Waals surface area contributed by atoms with E-state index < -0.39 is 0 Å². The van der Waals surface area contributed by atoms with Gasteiger partial charge in [-0.3, -0.25) is 0 Å². The van der Waals surface area contributed by atoms with Gasteiger partial charge < -0.3 is 0 Å². The van der Waals surface area contributed by atoms with Crippen molar-refractivity contribution in [2.75, 3.05) is 0 Å². The SMILES string of the molecule is C=C(c1nc(-c2ccc(Br)cc2)c(Br)s1)c1ccccc1F. The number of hydrogen-bond donors (Lipinski definition) is 0. The lowest BCUT2D eigenvalue weighted by molar-refractivity contribution is 0.624. The molecule has 0 bridgehead atoms. The molecule has 0 N–H and O–H groups in total. The summed E-state index contributed by atoms with van der Waals surface area (Å²) in [6.45, 7) is 4.00. The van der Waals surface area contributed by atoms with Gasteiger partial charge in [-0.2, -0.15) is 0 Å². The van der Waals surface area contributed by atoms with Gasteiger partial charge in [0.1, 0.15) is 10.8 Å². The highest BCUT2D eigenvalue weighted by Gasteiger charge is 2.16. The normalized spacial score (nSPS) is 10.7. The van der Waals surface area contributed by atoms with E-state index in [1.807, 2.05) is 24.3 Å². The molecule has 1 heterocycles. The maximum atomic E-state index is 13.9. The van der Waals surface area contributed by atoms with Crippen LogP contribution in [-0.2, 0) is 0 Å². The fourth-order valence-corrected chi connectivity index (χ4v) is 3.88. The first-order valence-electron chi connectivity index (χ1n) is 6.42. The van der Waals surface area contributed by atoms with Crippen molar-refractivity contribution in [2.24, 2.45) is 0 Å². The number of hydrogen-bond acceptors (Lipinski definition) is 2. The zero-order chi connectivity index (χ0) is 15.7. The number of thiazole rings is 1. The lowest BCUT2D eigenvalue weighted by atomic mass is 10.1. The highest BCUT2D eigenvalue weighted by Crippen LogP contribution is 2.37. The molecule has 3 aromatic rings. The summed E-state index contributed by atoms with van der Waals surface area (Å²) in [4.78, 5) is 4.62. The van der Waals surface area contributed by atoms with Gasteiger partial charge in [-0.25, -0.2) is 9.37 Å². The second kappa shape index (κ2) is 6.44. The van der Waals surface area contributed by atoms with Gasteiger partial charge in [0.15, 0.2) is 0 Å². The molecule has 0 amide bonds. The minimum Gasteiger partial charge on any atom is -0.235 e. The van der Waals surface area contributed by atoms with Crippen LogP contribution in [0.25, 0.3) is 16.8 Å². The molecule has 0 aliphatic rings. The molecular formula is C17H10Br2FNS. The van der Waals surface area contributed by atoms with Crippen molar-refractivity contribution >= 4 is 48.8 Å². The summed E-state index contributed by atoms with van der Waals surface area (Å²) in [6.07, 6.45) is 0. The third kappa shape index (κ3) is 3.07. The average molecular weight is 439 g/mol. The zero-order valence-electron chi connectivity index (χ0n) is 11.3. The van der Waals surface area contributed by atoms with Crippen LogP contribution in [0.3, 0.4) is 0 Å². The van der Waals surface area contributed by atoms with Crippen LogP contribution in [-0.4, -0.2) is 4.98 Å². The molecule has 0 radical (unpaired) electrons. The van der Waals surface area contributed by atoms with Crippen molar-refractivity contribution in [3.8, 4) is 11.3 Å². The predicted octanol–water partition coefficient (Wildman–Crippen LogP) is 6.54. The maximum Gasteiger partial charge on any atom is 0.131 e. The number of rotatable bonds is 3. The fourth-order valence-electron chi connectivity index (χ4n) is 2.04. The van der Waals surface area contributed by atoms with Crippen LogP contribution >= 0.6 is 43.2 Å².